The lowest BCUT2D eigenvalue weighted by atomic mass is 10.1. The molecule has 1 heterocycles. The van der Waals surface area contributed by atoms with Crippen molar-refractivity contribution in [1.29, 1.82) is 0 Å². The van der Waals surface area contributed by atoms with Crippen LogP contribution in [0.3, 0.4) is 0 Å². The molecule has 1 aliphatic rings. The van der Waals surface area contributed by atoms with Gasteiger partial charge in [-0.25, -0.2) is 0 Å². The van der Waals surface area contributed by atoms with E-state index in [9.17, 15) is 0 Å². The van der Waals surface area contributed by atoms with Gasteiger partial charge in [-0.1, -0.05) is 18.2 Å². The fourth-order valence-electron chi connectivity index (χ4n) is 3.14. The van der Waals surface area contributed by atoms with Gasteiger partial charge >= 0.3 is 0 Å². The smallest absolute Gasteiger partial charge is 0.170 e. The number of anilines is 2. The highest BCUT2D eigenvalue weighted by atomic mass is 32.1. The third-order valence-corrected chi connectivity index (χ3v) is 4.91. The number of nitrogens with zero attached hydrogens (tertiary/aromatic N) is 1. The molecule has 1 fully saturated rings. The van der Waals surface area contributed by atoms with E-state index in [0.29, 0.717) is 11.0 Å². The van der Waals surface area contributed by atoms with Gasteiger partial charge in [0.1, 0.15) is 5.75 Å². The first-order chi connectivity index (χ1) is 12.2. The molecule has 2 N–H and O–H groups in total. The lowest BCUT2D eigenvalue weighted by Gasteiger charge is -2.19. The number of benzene rings is 2. The molecule has 0 unspecified atom stereocenters. The SMILES string of the molecule is COc1ccc(N2CC[C@H](CNC(=S)Nc3ccccc3C)C2)cc1. The van der Waals surface area contributed by atoms with Gasteiger partial charge < -0.3 is 20.3 Å². The van der Waals surface area contributed by atoms with Crippen LogP contribution in [0.25, 0.3) is 0 Å². The van der Waals surface area contributed by atoms with Crippen LogP contribution in [0.5, 0.6) is 5.75 Å². The van der Waals surface area contributed by atoms with Crippen molar-refractivity contribution in [3.05, 3.63) is 54.1 Å². The lowest BCUT2D eigenvalue weighted by molar-refractivity contribution is 0.415. The van der Waals surface area contributed by atoms with Crippen molar-refractivity contribution in [1.82, 2.24) is 5.32 Å². The molecule has 1 aliphatic heterocycles. The summed E-state index contributed by atoms with van der Waals surface area (Å²) in [6.07, 6.45) is 1.17. The molecule has 0 spiro atoms. The minimum Gasteiger partial charge on any atom is -0.497 e. The molecular weight excluding hydrogens is 330 g/mol. The number of hydrogen-bond acceptors (Lipinski definition) is 3. The highest BCUT2D eigenvalue weighted by molar-refractivity contribution is 7.80. The molecule has 1 atom stereocenters. The fraction of sp³-hybridized carbons (Fsp3) is 0.350. The van der Waals surface area contributed by atoms with E-state index < -0.39 is 0 Å². The van der Waals surface area contributed by atoms with Gasteiger partial charge in [0.05, 0.1) is 7.11 Å². The predicted molar refractivity (Wildman–Crippen MR) is 109 cm³/mol. The van der Waals surface area contributed by atoms with Gasteiger partial charge in [0, 0.05) is 31.0 Å². The van der Waals surface area contributed by atoms with Crippen molar-refractivity contribution < 1.29 is 4.74 Å². The molecule has 25 heavy (non-hydrogen) atoms. The van der Waals surface area contributed by atoms with Crippen LogP contribution in [-0.4, -0.2) is 31.9 Å². The second-order valence-corrected chi connectivity index (χ2v) is 6.86. The molecule has 0 saturated carbocycles. The van der Waals surface area contributed by atoms with Crippen molar-refractivity contribution in [3.63, 3.8) is 0 Å². The Hall–Kier alpha value is -2.27. The highest BCUT2D eigenvalue weighted by Gasteiger charge is 2.22. The van der Waals surface area contributed by atoms with Gasteiger partial charge in [0.15, 0.2) is 5.11 Å². The van der Waals surface area contributed by atoms with E-state index in [0.717, 1.165) is 31.1 Å². The van der Waals surface area contributed by atoms with Crippen molar-refractivity contribution >= 4 is 28.7 Å². The van der Waals surface area contributed by atoms with Crippen LogP contribution in [0.2, 0.25) is 0 Å². The first-order valence-electron chi connectivity index (χ1n) is 8.65. The van der Waals surface area contributed by atoms with Gasteiger partial charge in [-0.05, 0) is 67.4 Å². The van der Waals surface area contributed by atoms with E-state index in [2.05, 4.69) is 40.7 Å². The molecule has 5 heteroatoms. The van der Waals surface area contributed by atoms with Crippen LogP contribution < -0.4 is 20.3 Å². The maximum absolute atomic E-state index is 5.43. The molecule has 2 aromatic carbocycles. The lowest BCUT2D eigenvalue weighted by Crippen LogP contribution is -2.34. The Kier molecular flexibility index (Phi) is 5.76. The predicted octanol–water partition coefficient (Wildman–Crippen LogP) is 3.82. The zero-order valence-corrected chi connectivity index (χ0v) is 15.6. The van der Waals surface area contributed by atoms with Gasteiger partial charge in [0.2, 0.25) is 0 Å². The minimum atomic E-state index is 0.596. The second kappa shape index (κ2) is 8.21. The van der Waals surface area contributed by atoms with Crippen LogP contribution in [0.1, 0.15) is 12.0 Å². The van der Waals surface area contributed by atoms with Crippen LogP contribution in [-0.2, 0) is 0 Å². The Balaban J connectivity index is 1.46. The Morgan fingerprint density at radius 1 is 1.20 bits per heavy atom. The van der Waals surface area contributed by atoms with Crippen molar-refractivity contribution in [2.24, 2.45) is 5.92 Å². The van der Waals surface area contributed by atoms with E-state index in [-0.39, 0.29) is 0 Å². The molecular formula is C20H25N3OS. The highest BCUT2D eigenvalue weighted by Crippen LogP contribution is 2.25. The summed E-state index contributed by atoms with van der Waals surface area (Å²) >= 11 is 5.43. The zero-order valence-electron chi connectivity index (χ0n) is 14.8. The minimum absolute atomic E-state index is 0.596. The normalized spacial score (nSPS) is 16.6. The molecule has 0 amide bonds. The molecule has 0 aromatic heterocycles. The molecule has 3 rings (SSSR count). The molecule has 132 valence electrons. The summed E-state index contributed by atoms with van der Waals surface area (Å²) in [5.41, 5.74) is 3.51. The number of aryl methyl sites for hydroxylation is 1. The topological polar surface area (TPSA) is 36.5 Å². The summed E-state index contributed by atoms with van der Waals surface area (Å²) in [5, 5.41) is 7.34. The number of rotatable bonds is 5. The first-order valence-corrected chi connectivity index (χ1v) is 9.06. The van der Waals surface area contributed by atoms with E-state index in [1.165, 1.54) is 17.7 Å². The Morgan fingerprint density at radius 3 is 2.68 bits per heavy atom. The molecule has 0 aliphatic carbocycles. The zero-order chi connectivity index (χ0) is 17.6. The van der Waals surface area contributed by atoms with Crippen LogP contribution in [0.4, 0.5) is 11.4 Å². The van der Waals surface area contributed by atoms with Gasteiger partial charge in [-0.15, -0.1) is 0 Å². The third kappa shape index (κ3) is 4.63. The molecule has 1 saturated heterocycles. The number of hydrogen-bond donors (Lipinski definition) is 2. The first kappa shape index (κ1) is 17.5. The summed E-state index contributed by atoms with van der Waals surface area (Å²) in [7, 11) is 1.69. The summed E-state index contributed by atoms with van der Waals surface area (Å²) in [6.45, 7) is 5.10. The number of methoxy groups -OCH3 is 1. The van der Waals surface area contributed by atoms with Gasteiger partial charge in [-0.2, -0.15) is 0 Å². The standard InChI is InChI=1S/C20H25N3OS/c1-15-5-3-4-6-19(15)22-20(25)21-13-16-11-12-23(14-16)17-7-9-18(24-2)10-8-17/h3-10,16H,11-14H2,1-2H3,(H2,21,22,25)/t16-/m1/s1. The quantitative estimate of drug-likeness (QED) is 0.798. The average Bonchev–Trinajstić information content (AvgIpc) is 3.11. The average molecular weight is 356 g/mol. The maximum atomic E-state index is 5.43. The van der Waals surface area contributed by atoms with E-state index in [1.807, 2.05) is 30.3 Å². The van der Waals surface area contributed by atoms with E-state index >= 15 is 0 Å². The van der Waals surface area contributed by atoms with Crippen molar-refractivity contribution in [2.45, 2.75) is 13.3 Å². The van der Waals surface area contributed by atoms with Crippen LogP contribution in [0, 0.1) is 12.8 Å². The van der Waals surface area contributed by atoms with Crippen LogP contribution in [0.15, 0.2) is 48.5 Å². The maximum Gasteiger partial charge on any atom is 0.170 e. The summed E-state index contributed by atoms with van der Waals surface area (Å²) < 4.78 is 5.23. The largest absolute Gasteiger partial charge is 0.497 e. The number of para-hydroxylation sites is 1. The number of ether oxygens (including phenoxy) is 1. The van der Waals surface area contributed by atoms with Crippen molar-refractivity contribution in [3.8, 4) is 5.75 Å². The molecule has 0 radical (unpaired) electrons. The molecule has 2 aromatic rings. The van der Waals surface area contributed by atoms with Gasteiger partial charge in [0.25, 0.3) is 0 Å². The Labute approximate surface area is 155 Å². The fourth-order valence-corrected chi connectivity index (χ4v) is 3.34. The third-order valence-electron chi connectivity index (χ3n) is 4.67. The molecule has 4 nitrogen and oxygen atoms in total. The number of nitrogens with one attached hydrogen (secondary N) is 2. The summed E-state index contributed by atoms with van der Waals surface area (Å²) in [6, 6.07) is 16.5. The Morgan fingerprint density at radius 2 is 1.96 bits per heavy atom. The number of thiocarbonyl (C=S) groups is 1. The second-order valence-electron chi connectivity index (χ2n) is 6.45. The molecule has 0 bridgehead atoms. The Bertz CT molecular complexity index is 717. The van der Waals surface area contributed by atoms with Crippen LogP contribution >= 0.6 is 12.2 Å². The summed E-state index contributed by atoms with van der Waals surface area (Å²) in [4.78, 5) is 2.42. The monoisotopic (exact) mass is 355 g/mol. The van der Waals surface area contributed by atoms with E-state index in [1.54, 1.807) is 7.11 Å². The van der Waals surface area contributed by atoms with Crippen molar-refractivity contribution in [2.75, 3.05) is 37.0 Å². The summed E-state index contributed by atoms with van der Waals surface area (Å²) in [5.74, 6) is 1.49. The van der Waals surface area contributed by atoms with Gasteiger partial charge in [-0.3, -0.25) is 0 Å². The van der Waals surface area contributed by atoms with E-state index in [4.69, 9.17) is 17.0 Å².